The van der Waals surface area contributed by atoms with Gasteiger partial charge in [0.2, 0.25) is 0 Å². The summed E-state index contributed by atoms with van der Waals surface area (Å²) in [6.45, 7) is 1.34. The molecule has 1 atom stereocenters. The third-order valence-corrected chi connectivity index (χ3v) is 4.68. The van der Waals surface area contributed by atoms with Crippen molar-refractivity contribution >= 4 is 38.9 Å². The Hall–Kier alpha value is -1.30. The topological polar surface area (TPSA) is 42.1 Å². The number of rotatable bonds is 4. The van der Waals surface area contributed by atoms with Crippen molar-refractivity contribution in [2.24, 2.45) is 0 Å². The summed E-state index contributed by atoms with van der Waals surface area (Å²) in [4.78, 5) is 14.1. The van der Waals surface area contributed by atoms with E-state index in [1.165, 1.54) is 16.2 Å². The molecule has 4 nitrogen and oxygen atoms in total. The standard InChI is InChI=1S/C14H14ClNO3S/c1-16(2)14(17)13-12(15)10-4-3-8(5-11(10)20-13)18-6-9-7-19-9/h3-5,9H,6-7H2,1-2H3. The van der Waals surface area contributed by atoms with Gasteiger partial charge in [-0.2, -0.15) is 0 Å². The average Bonchev–Trinajstić information content (AvgIpc) is 3.20. The van der Waals surface area contributed by atoms with Crippen molar-refractivity contribution < 1.29 is 14.3 Å². The SMILES string of the molecule is CN(C)C(=O)c1sc2cc(OCC3CO3)ccc2c1Cl. The number of hydrogen-bond donors (Lipinski definition) is 0. The van der Waals surface area contributed by atoms with E-state index in [0.717, 1.165) is 22.4 Å². The monoisotopic (exact) mass is 311 g/mol. The highest BCUT2D eigenvalue weighted by atomic mass is 35.5. The molecule has 1 aliphatic heterocycles. The van der Waals surface area contributed by atoms with Gasteiger partial charge >= 0.3 is 0 Å². The van der Waals surface area contributed by atoms with Gasteiger partial charge in [-0.25, -0.2) is 0 Å². The minimum atomic E-state index is -0.0787. The van der Waals surface area contributed by atoms with E-state index < -0.39 is 0 Å². The van der Waals surface area contributed by atoms with E-state index in [1.807, 2.05) is 18.2 Å². The van der Waals surface area contributed by atoms with Crippen LogP contribution in [-0.2, 0) is 4.74 Å². The number of thiophene rings is 1. The van der Waals surface area contributed by atoms with E-state index in [4.69, 9.17) is 21.1 Å². The van der Waals surface area contributed by atoms with Crippen molar-refractivity contribution in [2.45, 2.75) is 6.10 Å². The Kier molecular flexibility index (Phi) is 3.58. The molecule has 0 spiro atoms. The Bertz CT molecular complexity index is 664. The van der Waals surface area contributed by atoms with Crippen LogP contribution in [-0.4, -0.2) is 44.2 Å². The molecule has 0 radical (unpaired) electrons. The van der Waals surface area contributed by atoms with Crippen LogP contribution in [0.15, 0.2) is 18.2 Å². The summed E-state index contributed by atoms with van der Waals surface area (Å²) in [5.41, 5.74) is 0. The maximum atomic E-state index is 12.0. The van der Waals surface area contributed by atoms with Gasteiger partial charge in [0.15, 0.2) is 0 Å². The fraction of sp³-hybridized carbons (Fsp3) is 0.357. The molecule has 1 fully saturated rings. The molecule has 3 rings (SSSR count). The zero-order chi connectivity index (χ0) is 14.3. The minimum Gasteiger partial charge on any atom is -0.491 e. The van der Waals surface area contributed by atoms with Crippen LogP contribution in [0.5, 0.6) is 5.75 Å². The van der Waals surface area contributed by atoms with Crippen molar-refractivity contribution in [1.29, 1.82) is 0 Å². The molecule has 1 unspecified atom stereocenters. The molecule has 1 saturated heterocycles. The number of halogens is 1. The van der Waals surface area contributed by atoms with Gasteiger partial charge in [0, 0.05) is 24.2 Å². The maximum Gasteiger partial charge on any atom is 0.264 e. The third-order valence-electron chi connectivity index (χ3n) is 3.04. The van der Waals surface area contributed by atoms with E-state index >= 15 is 0 Å². The molecule has 0 N–H and O–H groups in total. The first-order valence-corrected chi connectivity index (χ1v) is 7.44. The molecular formula is C14H14ClNO3S. The van der Waals surface area contributed by atoms with E-state index in [0.29, 0.717) is 16.5 Å². The van der Waals surface area contributed by atoms with Crippen molar-refractivity contribution in [3.05, 3.63) is 28.1 Å². The molecule has 106 valence electrons. The van der Waals surface area contributed by atoms with Gasteiger partial charge in [-0.1, -0.05) is 11.6 Å². The van der Waals surface area contributed by atoms with E-state index in [1.54, 1.807) is 14.1 Å². The quantitative estimate of drug-likeness (QED) is 0.815. The van der Waals surface area contributed by atoms with E-state index in [9.17, 15) is 4.79 Å². The van der Waals surface area contributed by atoms with Gasteiger partial charge in [0.25, 0.3) is 5.91 Å². The van der Waals surface area contributed by atoms with E-state index in [2.05, 4.69) is 0 Å². The second-order valence-electron chi connectivity index (χ2n) is 4.87. The fourth-order valence-corrected chi connectivity index (χ4v) is 3.39. The van der Waals surface area contributed by atoms with Gasteiger partial charge in [0.05, 0.1) is 11.6 Å². The highest BCUT2D eigenvalue weighted by Gasteiger charge is 2.23. The number of nitrogens with zero attached hydrogens (tertiary/aromatic N) is 1. The first-order chi connectivity index (χ1) is 9.56. The summed E-state index contributed by atoms with van der Waals surface area (Å²) in [6.07, 6.45) is 0.225. The number of ether oxygens (including phenoxy) is 2. The van der Waals surface area contributed by atoms with Gasteiger partial charge in [-0.15, -0.1) is 11.3 Å². The van der Waals surface area contributed by atoms with Crippen molar-refractivity contribution in [3.63, 3.8) is 0 Å². The zero-order valence-corrected chi connectivity index (χ0v) is 12.8. The first kappa shape index (κ1) is 13.7. The summed E-state index contributed by atoms with van der Waals surface area (Å²) >= 11 is 7.68. The number of carbonyl (C=O) groups excluding carboxylic acids is 1. The lowest BCUT2D eigenvalue weighted by Gasteiger charge is -2.07. The third kappa shape index (κ3) is 2.61. The molecular weight excluding hydrogens is 298 g/mol. The molecule has 0 bridgehead atoms. The molecule has 0 aliphatic carbocycles. The Morgan fingerprint density at radius 1 is 1.55 bits per heavy atom. The number of carbonyl (C=O) groups is 1. The molecule has 0 saturated carbocycles. The second kappa shape index (κ2) is 5.24. The van der Waals surface area contributed by atoms with Crippen LogP contribution in [0.25, 0.3) is 10.1 Å². The molecule has 2 heterocycles. The molecule has 2 aromatic rings. The van der Waals surface area contributed by atoms with Crippen LogP contribution in [0.4, 0.5) is 0 Å². The number of epoxide rings is 1. The molecule has 1 aromatic heterocycles. The molecule has 1 amide bonds. The maximum absolute atomic E-state index is 12.0. The van der Waals surface area contributed by atoms with Gasteiger partial charge < -0.3 is 14.4 Å². The highest BCUT2D eigenvalue weighted by Crippen LogP contribution is 2.37. The van der Waals surface area contributed by atoms with Crippen LogP contribution in [0.2, 0.25) is 5.02 Å². The minimum absolute atomic E-state index is 0.0787. The summed E-state index contributed by atoms with van der Waals surface area (Å²) in [6, 6.07) is 5.68. The Labute approximate surface area is 125 Å². The lowest BCUT2D eigenvalue weighted by atomic mass is 10.2. The summed E-state index contributed by atoms with van der Waals surface area (Å²) in [7, 11) is 3.43. The van der Waals surface area contributed by atoms with Crippen LogP contribution < -0.4 is 4.74 Å². The second-order valence-corrected chi connectivity index (χ2v) is 6.30. The van der Waals surface area contributed by atoms with Gasteiger partial charge in [0.1, 0.15) is 23.3 Å². The largest absolute Gasteiger partial charge is 0.491 e. The molecule has 1 aliphatic rings. The predicted octanol–water partition coefficient (Wildman–Crippen LogP) is 3.03. The average molecular weight is 312 g/mol. The highest BCUT2D eigenvalue weighted by molar-refractivity contribution is 7.21. The lowest BCUT2D eigenvalue weighted by molar-refractivity contribution is 0.0832. The van der Waals surface area contributed by atoms with Crippen LogP contribution in [0.3, 0.4) is 0 Å². The summed E-state index contributed by atoms with van der Waals surface area (Å²) in [5.74, 6) is 0.694. The Morgan fingerprint density at radius 2 is 2.30 bits per heavy atom. The fourth-order valence-electron chi connectivity index (χ4n) is 1.83. The number of benzene rings is 1. The molecule has 1 aromatic carbocycles. The van der Waals surface area contributed by atoms with Crippen LogP contribution in [0, 0.1) is 0 Å². The summed E-state index contributed by atoms with van der Waals surface area (Å²) in [5, 5.41) is 1.40. The summed E-state index contributed by atoms with van der Waals surface area (Å²) < 4.78 is 11.7. The Morgan fingerprint density at radius 3 is 2.95 bits per heavy atom. The number of amides is 1. The molecule has 6 heteroatoms. The number of hydrogen-bond acceptors (Lipinski definition) is 4. The predicted molar refractivity (Wildman–Crippen MR) is 80.1 cm³/mol. The Balaban J connectivity index is 1.91. The van der Waals surface area contributed by atoms with Gasteiger partial charge in [-0.05, 0) is 18.2 Å². The van der Waals surface area contributed by atoms with Crippen LogP contribution >= 0.6 is 22.9 Å². The lowest BCUT2D eigenvalue weighted by Crippen LogP contribution is -2.20. The van der Waals surface area contributed by atoms with Crippen LogP contribution in [0.1, 0.15) is 9.67 Å². The normalized spacial score (nSPS) is 17.2. The van der Waals surface area contributed by atoms with Crippen molar-refractivity contribution in [1.82, 2.24) is 4.90 Å². The first-order valence-electron chi connectivity index (χ1n) is 6.24. The molecule has 20 heavy (non-hydrogen) atoms. The van der Waals surface area contributed by atoms with Gasteiger partial charge in [-0.3, -0.25) is 4.79 Å². The van der Waals surface area contributed by atoms with E-state index in [-0.39, 0.29) is 12.0 Å². The smallest absolute Gasteiger partial charge is 0.264 e. The zero-order valence-electron chi connectivity index (χ0n) is 11.2. The van der Waals surface area contributed by atoms with Crippen molar-refractivity contribution in [3.8, 4) is 5.75 Å². The van der Waals surface area contributed by atoms with Crippen molar-refractivity contribution in [2.75, 3.05) is 27.3 Å². The number of fused-ring (bicyclic) bond motifs is 1.